The second-order valence-electron chi connectivity index (χ2n) is 6.23. The first-order valence-corrected chi connectivity index (χ1v) is 7.91. The lowest BCUT2D eigenvalue weighted by Gasteiger charge is -2.20. The third kappa shape index (κ3) is 2.30. The van der Waals surface area contributed by atoms with Crippen LogP contribution in [0.5, 0.6) is 0 Å². The Morgan fingerprint density at radius 3 is 2.52 bits per heavy atom. The Hall–Kier alpha value is -2.63. The van der Waals surface area contributed by atoms with Crippen LogP contribution in [0.4, 0.5) is 4.79 Å². The predicted octanol–water partition coefficient (Wildman–Crippen LogP) is 2.24. The van der Waals surface area contributed by atoms with Crippen molar-refractivity contribution in [1.82, 2.24) is 20.0 Å². The summed E-state index contributed by atoms with van der Waals surface area (Å²) in [7, 11) is 0. The van der Waals surface area contributed by atoms with E-state index in [2.05, 4.69) is 10.4 Å². The maximum absolute atomic E-state index is 12.6. The van der Waals surface area contributed by atoms with Crippen LogP contribution in [0.25, 0.3) is 5.69 Å². The van der Waals surface area contributed by atoms with Gasteiger partial charge in [0, 0.05) is 12.4 Å². The normalized spacial score (nSPS) is 19.6. The molecule has 1 aliphatic carbocycles. The van der Waals surface area contributed by atoms with Gasteiger partial charge in [0.1, 0.15) is 5.54 Å². The van der Waals surface area contributed by atoms with Crippen LogP contribution in [0.3, 0.4) is 0 Å². The zero-order valence-electron chi connectivity index (χ0n) is 12.7. The van der Waals surface area contributed by atoms with Crippen molar-refractivity contribution in [3.8, 4) is 5.69 Å². The summed E-state index contributed by atoms with van der Waals surface area (Å²) in [6, 6.07) is 9.32. The lowest BCUT2D eigenvalue weighted by atomic mass is 9.98. The van der Waals surface area contributed by atoms with Crippen LogP contribution in [0.15, 0.2) is 42.7 Å². The van der Waals surface area contributed by atoms with E-state index in [0.717, 1.165) is 36.9 Å². The Kier molecular flexibility index (Phi) is 3.18. The average molecular weight is 310 g/mol. The third-order valence-corrected chi connectivity index (χ3v) is 4.75. The second kappa shape index (κ2) is 5.22. The molecule has 2 fully saturated rings. The molecule has 1 spiro atoms. The first-order valence-electron chi connectivity index (χ1n) is 7.91. The fraction of sp³-hybridized carbons (Fsp3) is 0.353. The molecule has 1 saturated heterocycles. The van der Waals surface area contributed by atoms with Gasteiger partial charge in [-0.3, -0.25) is 9.69 Å². The Bertz CT molecular complexity index is 730. The fourth-order valence-corrected chi connectivity index (χ4v) is 3.50. The van der Waals surface area contributed by atoms with Crippen molar-refractivity contribution in [2.75, 3.05) is 0 Å². The lowest BCUT2D eigenvalue weighted by Crippen LogP contribution is -2.44. The number of imide groups is 1. The fourth-order valence-electron chi connectivity index (χ4n) is 3.50. The Labute approximate surface area is 134 Å². The molecule has 1 N–H and O–H groups in total. The minimum atomic E-state index is -0.633. The van der Waals surface area contributed by atoms with Crippen LogP contribution in [0, 0.1) is 0 Å². The molecule has 0 bridgehead atoms. The number of rotatable bonds is 3. The van der Waals surface area contributed by atoms with Crippen molar-refractivity contribution in [3.05, 3.63) is 48.3 Å². The van der Waals surface area contributed by atoms with Crippen molar-refractivity contribution < 1.29 is 9.59 Å². The summed E-state index contributed by atoms with van der Waals surface area (Å²) in [6.45, 7) is 0.311. The van der Waals surface area contributed by atoms with Crippen LogP contribution >= 0.6 is 0 Å². The highest BCUT2D eigenvalue weighted by Gasteiger charge is 2.52. The highest BCUT2D eigenvalue weighted by molar-refractivity contribution is 6.07. The van der Waals surface area contributed by atoms with Gasteiger partial charge in [-0.1, -0.05) is 25.0 Å². The Morgan fingerprint density at radius 1 is 1.13 bits per heavy atom. The van der Waals surface area contributed by atoms with Gasteiger partial charge in [-0.05, 0) is 36.6 Å². The van der Waals surface area contributed by atoms with Gasteiger partial charge in [-0.15, -0.1) is 0 Å². The zero-order chi connectivity index (χ0) is 15.9. The molecule has 0 radical (unpaired) electrons. The molecule has 1 aromatic heterocycles. The van der Waals surface area contributed by atoms with Gasteiger partial charge >= 0.3 is 6.03 Å². The van der Waals surface area contributed by atoms with E-state index in [1.165, 1.54) is 4.90 Å². The van der Waals surface area contributed by atoms with E-state index >= 15 is 0 Å². The Morgan fingerprint density at radius 2 is 1.87 bits per heavy atom. The van der Waals surface area contributed by atoms with Crippen LogP contribution in [-0.4, -0.2) is 32.2 Å². The van der Waals surface area contributed by atoms with Gasteiger partial charge in [0.25, 0.3) is 5.91 Å². The minimum absolute atomic E-state index is 0.0730. The number of nitrogens with zero attached hydrogens (tertiary/aromatic N) is 3. The molecule has 4 rings (SSSR count). The number of nitrogens with one attached hydrogen (secondary N) is 1. The molecule has 0 atom stereocenters. The van der Waals surface area contributed by atoms with E-state index < -0.39 is 5.54 Å². The summed E-state index contributed by atoms with van der Waals surface area (Å²) >= 11 is 0. The summed E-state index contributed by atoms with van der Waals surface area (Å²) in [5.74, 6) is -0.0730. The quantitative estimate of drug-likeness (QED) is 0.884. The molecule has 2 heterocycles. The molecule has 2 aliphatic rings. The van der Waals surface area contributed by atoms with Gasteiger partial charge in [0.15, 0.2) is 0 Å². The maximum atomic E-state index is 12.6. The summed E-state index contributed by atoms with van der Waals surface area (Å²) in [5, 5.41) is 7.09. The highest BCUT2D eigenvalue weighted by Crippen LogP contribution is 2.35. The number of carbonyl (C=O) groups excluding carboxylic acids is 2. The van der Waals surface area contributed by atoms with Gasteiger partial charge in [0.05, 0.1) is 12.2 Å². The Balaban J connectivity index is 1.52. The second-order valence-corrected chi connectivity index (χ2v) is 6.23. The summed E-state index contributed by atoms with van der Waals surface area (Å²) in [4.78, 5) is 26.2. The molecule has 2 aromatic rings. The van der Waals surface area contributed by atoms with Crippen molar-refractivity contribution >= 4 is 11.9 Å². The number of hydrogen-bond donors (Lipinski definition) is 1. The van der Waals surface area contributed by atoms with Crippen molar-refractivity contribution in [3.63, 3.8) is 0 Å². The van der Waals surface area contributed by atoms with E-state index in [0.29, 0.717) is 6.54 Å². The molecule has 6 heteroatoms. The molecule has 118 valence electrons. The maximum Gasteiger partial charge on any atom is 0.325 e. The number of hydrogen-bond acceptors (Lipinski definition) is 3. The van der Waals surface area contributed by atoms with Crippen molar-refractivity contribution in [1.29, 1.82) is 0 Å². The van der Waals surface area contributed by atoms with E-state index in [-0.39, 0.29) is 11.9 Å². The monoisotopic (exact) mass is 310 g/mol. The van der Waals surface area contributed by atoms with Crippen LogP contribution < -0.4 is 5.32 Å². The lowest BCUT2D eigenvalue weighted by molar-refractivity contribution is -0.131. The summed E-state index contributed by atoms with van der Waals surface area (Å²) in [6.07, 6.45) is 7.11. The molecule has 1 aliphatic heterocycles. The standard InChI is InChI=1S/C17H18N4O2/c22-15-17(8-1-2-9-17)19-16(23)20(15)12-13-4-6-14(7-5-13)21-11-3-10-18-21/h3-7,10-11H,1-2,8-9,12H2,(H,19,23). The first-order chi connectivity index (χ1) is 11.2. The molecule has 3 amide bonds. The number of benzene rings is 1. The van der Waals surface area contributed by atoms with Gasteiger partial charge in [-0.2, -0.15) is 5.10 Å². The average Bonchev–Trinajstić information content (AvgIpc) is 3.28. The molecule has 6 nitrogen and oxygen atoms in total. The largest absolute Gasteiger partial charge is 0.325 e. The molecular weight excluding hydrogens is 292 g/mol. The zero-order valence-corrected chi connectivity index (χ0v) is 12.7. The molecule has 1 saturated carbocycles. The number of carbonyl (C=O) groups is 2. The topological polar surface area (TPSA) is 67.2 Å². The molecule has 1 aromatic carbocycles. The van der Waals surface area contributed by atoms with Crippen molar-refractivity contribution in [2.24, 2.45) is 0 Å². The van der Waals surface area contributed by atoms with Gasteiger partial charge in [0.2, 0.25) is 0 Å². The SMILES string of the molecule is O=C1NC2(CCCC2)C(=O)N1Cc1ccc(-n2cccn2)cc1. The number of urea groups is 1. The first kappa shape index (κ1) is 14.0. The summed E-state index contributed by atoms with van der Waals surface area (Å²) < 4.78 is 1.77. The van der Waals surface area contributed by atoms with Crippen LogP contribution in [0.2, 0.25) is 0 Å². The van der Waals surface area contributed by atoms with Crippen LogP contribution in [-0.2, 0) is 11.3 Å². The van der Waals surface area contributed by atoms with Gasteiger partial charge in [-0.25, -0.2) is 9.48 Å². The van der Waals surface area contributed by atoms with Crippen molar-refractivity contribution in [2.45, 2.75) is 37.8 Å². The van der Waals surface area contributed by atoms with E-state index in [4.69, 9.17) is 0 Å². The highest BCUT2D eigenvalue weighted by atomic mass is 16.2. The van der Waals surface area contributed by atoms with Gasteiger partial charge < -0.3 is 5.32 Å². The summed E-state index contributed by atoms with van der Waals surface area (Å²) in [5.41, 5.74) is 1.24. The third-order valence-electron chi connectivity index (χ3n) is 4.75. The number of aromatic nitrogens is 2. The van der Waals surface area contributed by atoms with E-state index in [1.54, 1.807) is 10.9 Å². The number of amides is 3. The van der Waals surface area contributed by atoms with E-state index in [1.807, 2.05) is 36.5 Å². The molecule has 23 heavy (non-hydrogen) atoms. The smallest absolute Gasteiger partial charge is 0.323 e. The van der Waals surface area contributed by atoms with Crippen LogP contribution in [0.1, 0.15) is 31.2 Å². The minimum Gasteiger partial charge on any atom is -0.323 e. The molecular formula is C17H18N4O2. The van der Waals surface area contributed by atoms with E-state index in [9.17, 15) is 9.59 Å². The molecule has 0 unspecified atom stereocenters. The predicted molar refractivity (Wildman–Crippen MR) is 83.8 cm³/mol.